The van der Waals surface area contributed by atoms with E-state index in [4.69, 9.17) is 10.2 Å². The van der Waals surface area contributed by atoms with E-state index in [9.17, 15) is 0 Å². The topological polar surface area (TPSA) is 67.8 Å². The first-order valence-corrected chi connectivity index (χ1v) is 6.23. The van der Waals surface area contributed by atoms with Gasteiger partial charge in [-0.2, -0.15) is 0 Å². The molecule has 0 amide bonds. The van der Waals surface area contributed by atoms with Gasteiger partial charge >= 0.3 is 0 Å². The second-order valence-corrected chi connectivity index (χ2v) is 4.51. The summed E-state index contributed by atoms with van der Waals surface area (Å²) in [6.45, 7) is 0.756. The first-order chi connectivity index (χ1) is 8.38. The minimum absolute atomic E-state index is 0.756. The van der Waals surface area contributed by atoms with Crippen molar-refractivity contribution in [2.75, 3.05) is 6.54 Å². The van der Waals surface area contributed by atoms with Crippen LogP contribution in [0, 0.1) is 0 Å². The summed E-state index contributed by atoms with van der Waals surface area (Å²) in [6, 6.07) is 2.01. The fourth-order valence-corrected chi connectivity index (χ4v) is 2.41. The Morgan fingerprint density at radius 3 is 3.18 bits per heavy atom. The summed E-state index contributed by atoms with van der Waals surface area (Å²) in [5.41, 5.74) is 8.99. The summed E-state index contributed by atoms with van der Waals surface area (Å²) >= 11 is 0. The largest absolute Gasteiger partial charge is 0.469 e. The Morgan fingerprint density at radius 1 is 1.35 bits per heavy atom. The third-order valence-electron chi connectivity index (χ3n) is 3.30. The third kappa shape index (κ3) is 1.89. The summed E-state index contributed by atoms with van der Waals surface area (Å²) in [5, 5.41) is 0. The highest BCUT2D eigenvalue weighted by atomic mass is 16.3. The van der Waals surface area contributed by atoms with E-state index in [1.807, 2.05) is 6.07 Å². The molecule has 0 aliphatic heterocycles. The average Bonchev–Trinajstić information content (AvgIpc) is 2.93. The molecule has 0 bridgehead atoms. The predicted octanol–water partition coefficient (Wildman–Crippen LogP) is 2.05. The van der Waals surface area contributed by atoms with Crippen molar-refractivity contribution < 1.29 is 4.42 Å². The number of furan rings is 1. The fourth-order valence-electron chi connectivity index (χ4n) is 2.41. The molecule has 0 radical (unpaired) electrons. The highest BCUT2D eigenvalue weighted by Crippen LogP contribution is 2.32. The van der Waals surface area contributed by atoms with Crippen LogP contribution in [0.25, 0.3) is 11.3 Å². The van der Waals surface area contributed by atoms with Gasteiger partial charge in [0.2, 0.25) is 0 Å². The summed E-state index contributed by atoms with van der Waals surface area (Å²) in [7, 11) is 0. The van der Waals surface area contributed by atoms with Crippen molar-refractivity contribution >= 4 is 0 Å². The monoisotopic (exact) mass is 231 g/mol. The van der Waals surface area contributed by atoms with Gasteiger partial charge in [0.1, 0.15) is 11.6 Å². The smallest absolute Gasteiger partial charge is 0.113 e. The maximum Gasteiger partial charge on any atom is 0.113 e. The summed E-state index contributed by atoms with van der Waals surface area (Å²) < 4.78 is 5.45. The molecule has 0 saturated heterocycles. The summed E-state index contributed by atoms with van der Waals surface area (Å²) in [4.78, 5) is 8.11. The lowest BCUT2D eigenvalue weighted by Crippen LogP contribution is -2.00. The summed E-state index contributed by atoms with van der Waals surface area (Å²) in [6.07, 6.45) is 6.86. The van der Waals surface area contributed by atoms with Crippen molar-refractivity contribution in [3.8, 4) is 11.3 Å². The van der Waals surface area contributed by atoms with Crippen LogP contribution in [-0.2, 0) is 19.3 Å². The van der Waals surface area contributed by atoms with Gasteiger partial charge in [0, 0.05) is 24.1 Å². The number of rotatable bonds is 4. The highest BCUT2D eigenvalue weighted by molar-refractivity contribution is 5.66. The first kappa shape index (κ1) is 10.6. The van der Waals surface area contributed by atoms with E-state index in [2.05, 4.69) is 9.97 Å². The van der Waals surface area contributed by atoms with Gasteiger partial charge in [-0.15, -0.1) is 0 Å². The van der Waals surface area contributed by atoms with E-state index in [-0.39, 0.29) is 0 Å². The number of fused-ring (bicyclic) bond motifs is 3. The number of nitrogens with two attached hydrogens (primary N) is 1. The zero-order chi connectivity index (χ0) is 11.7. The molecule has 3 rings (SSSR count). The van der Waals surface area contributed by atoms with Crippen LogP contribution >= 0.6 is 0 Å². The minimum Gasteiger partial charge on any atom is -0.469 e. The maximum absolute atomic E-state index is 5.50. The molecule has 0 aromatic carbocycles. The van der Waals surface area contributed by atoms with Crippen molar-refractivity contribution in [2.45, 2.75) is 32.1 Å². The van der Waals surface area contributed by atoms with Crippen LogP contribution in [0.2, 0.25) is 0 Å². The van der Waals surface area contributed by atoms with Gasteiger partial charge in [0.05, 0.1) is 12.0 Å². The van der Waals surface area contributed by atoms with Gasteiger partial charge < -0.3 is 15.1 Å². The quantitative estimate of drug-likeness (QED) is 0.791. The Kier molecular flexibility index (Phi) is 2.73. The Labute approximate surface area is 100 Å². The van der Waals surface area contributed by atoms with E-state index in [0.717, 1.165) is 61.5 Å². The van der Waals surface area contributed by atoms with Gasteiger partial charge in [-0.25, -0.2) is 4.98 Å². The van der Waals surface area contributed by atoms with Crippen LogP contribution < -0.4 is 5.73 Å². The number of nitrogens with one attached hydrogen (secondary N) is 1. The molecule has 0 atom stereocenters. The van der Waals surface area contributed by atoms with Crippen LogP contribution in [0.15, 0.2) is 16.7 Å². The lowest BCUT2D eigenvalue weighted by molar-refractivity contribution is 0.506. The Morgan fingerprint density at radius 2 is 2.29 bits per heavy atom. The third-order valence-corrected chi connectivity index (χ3v) is 3.30. The number of unbranched alkanes of at least 4 members (excludes halogenated alkanes) is 1. The maximum atomic E-state index is 5.50. The highest BCUT2D eigenvalue weighted by Gasteiger charge is 2.22. The van der Waals surface area contributed by atoms with Gasteiger partial charge in [-0.3, -0.25) is 0 Å². The van der Waals surface area contributed by atoms with E-state index in [1.165, 1.54) is 5.69 Å². The molecule has 0 unspecified atom stereocenters. The Balaban J connectivity index is 1.84. The number of aryl methyl sites for hydroxylation is 3. The van der Waals surface area contributed by atoms with Crippen molar-refractivity contribution in [2.24, 2.45) is 5.73 Å². The van der Waals surface area contributed by atoms with Crippen molar-refractivity contribution in [3.63, 3.8) is 0 Å². The van der Waals surface area contributed by atoms with E-state index in [1.54, 1.807) is 6.26 Å². The lowest BCUT2D eigenvalue weighted by Gasteiger charge is -2.08. The number of imidazole rings is 1. The van der Waals surface area contributed by atoms with Gasteiger partial charge in [0.25, 0.3) is 0 Å². The number of aromatic amines is 1. The molecule has 4 heteroatoms. The number of nitrogens with zero attached hydrogens (tertiary/aromatic N) is 1. The van der Waals surface area contributed by atoms with Gasteiger partial charge in [-0.1, -0.05) is 0 Å². The van der Waals surface area contributed by atoms with Gasteiger partial charge in [0.15, 0.2) is 0 Å². The number of aromatic nitrogens is 2. The molecule has 2 aromatic rings. The predicted molar refractivity (Wildman–Crippen MR) is 65.7 cm³/mol. The second-order valence-electron chi connectivity index (χ2n) is 4.51. The molecular weight excluding hydrogens is 214 g/mol. The molecule has 1 aliphatic carbocycles. The molecular formula is C13H17N3O. The molecule has 2 aromatic heterocycles. The van der Waals surface area contributed by atoms with E-state index >= 15 is 0 Å². The SMILES string of the molecule is NCCCCc1nc2c([nH]1)CCc1occc1-2. The second kappa shape index (κ2) is 4.37. The van der Waals surface area contributed by atoms with Crippen LogP contribution in [0.4, 0.5) is 0 Å². The Hall–Kier alpha value is -1.55. The van der Waals surface area contributed by atoms with Crippen molar-refractivity contribution in [3.05, 3.63) is 29.6 Å². The lowest BCUT2D eigenvalue weighted by atomic mass is 10.00. The molecule has 3 N–H and O–H groups in total. The zero-order valence-corrected chi connectivity index (χ0v) is 9.83. The number of H-pyrrole nitrogens is 1. The molecule has 2 heterocycles. The van der Waals surface area contributed by atoms with Gasteiger partial charge in [-0.05, 0) is 31.9 Å². The normalized spacial score (nSPS) is 13.5. The van der Waals surface area contributed by atoms with Crippen LogP contribution in [0.3, 0.4) is 0 Å². The molecule has 0 spiro atoms. The van der Waals surface area contributed by atoms with Crippen LogP contribution in [-0.4, -0.2) is 16.5 Å². The first-order valence-electron chi connectivity index (χ1n) is 6.23. The van der Waals surface area contributed by atoms with E-state index in [0.29, 0.717) is 0 Å². The molecule has 0 fully saturated rings. The molecule has 1 aliphatic rings. The van der Waals surface area contributed by atoms with Crippen molar-refractivity contribution in [1.29, 1.82) is 0 Å². The van der Waals surface area contributed by atoms with Crippen LogP contribution in [0.5, 0.6) is 0 Å². The number of hydrogen-bond donors (Lipinski definition) is 2. The van der Waals surface area contributed by atoms with E-state index < -0.39 is 0 Å². The average molecular weight is 231 g/mol. The molecule has 17 heavy (non-hydrogen) atoms. The number of hydrogen-bond acceptors (Lipinski definition) is 3. The minimum atomic E-state index is 0.756. The van der Waals surface area contributed by atoms with Crippen molar-refractivity contribution in [1.82, 2.24) is 9.97 Å². The molecule has 4 nitrogen and oxygen atoms in total. The molecule has 90 valence electrons. The summed E-state index contributed by atoms with van der Waals surface area (Å²) in [5.74, 6) is 2.15. The molecule has 0 saturated carbocycles. The van der Waals surface area contributed by atoms with Crippen LogP contribution in [0.1, 0.15) is 30.1 Å². The Bertz CT molecular complexity index is 512. The zero-order valence-electron chi connectivity index (χ0n) is 9.83. The standard InChI is InChI=1S/C13H17N3O/c14-7-2-1-3-12-15-10-4-5-11-9(6-8-17-11)13(10)16-12/h6,8H,1-5,7,14H2,(H,15,16). The fraction of sp³-hybridized carbons (Fsp3) is 0.462.